The minimum absolute atomic E-state index is 0.564. The lowest BCUT2D eigenvalue weighted by Gasteiger charge is -2.15. The van der Waals surface area contributed by atoms with Gasteiger partial charge >= 0.3 is 0 Å². The van der Waals surface area contributed by atoms with Gasteiger partial charge in [0.05, 0.1) is 11.2 Å². The molecule has 158 valence electrons. The molecule has 0 bridgehead atoms. The van der Waals surface area contributed by atoms with Crippen molar-refractivity contribution in [2.45, 2.75) is 83.2 Å². The van der Waals surface area contributed by atoms with E-state index in [1.165, 1.54) is 73.7 Å². The highest BCUT2D eigenvalue weighted by Gasteiger charge is 2.20. The van der Waals surface area contributed by atoms with E-state index in [1.54, 1.807) is 0 Å². The van der Waals surface area contributed by atoms with Crippen LogP contribution in [-0.2, 0) is 6.42 Å². The van der Waals surface area contributed by atoms with Crippen LogP contribution in [0.3, 0.4) is 0 Å². The highest BCUT2D eigenvalue weighted by atomic mass is 15.3. The Hall–Kier alpha value is -2.56. The highest BCUT2D eigenvalue weighted by Crippen LogP contribution is 2.33. The molecule has 30 heavy (non-hydrogen) atoms. The zero-order valence-electron chi connectivity index (χ0n) is 18.0. The van der Waals surface area contributed by atoms with Crippen LogP contribution in [0.1, 0.15) is 70.4 Å². The van der Waals surface area contributed by atoms with Gasteiger partial charge in [-0.15, -0.1) is 0 Å². The van der Waals surface area contributed by atoms with Crippen molar-refractivity contribution in [3.63, 3.8) is 0 Å². The van der Waals surface area contributed by atoms with Gasteiger partial charge in [0.1, 0.15) is 11.6 Å². The first-order chi connectivity index (χ1) is 14.8. The van der Waals surface area contributed by atoms with Gasteiger partial charge in [-0.3, -0.25) is 0 Å². The topological polar surface area (TPSA) is 54.2 Å². The molecule has 0 aromatic carbocycles. The van der Waals surface area contributed by atoms with Crippen molar-refractivity contribution in [3.05, 3.63) is 42.2 Å². The highest BCUT2D eigenvalue weighted by molar-refractivity contribution is 5.84. The molecule has 2 fully saturated rings. The average molecular weight is 404 g/mol. The molecule has 2 saturated carbocycles. The molecule has 5 rings (SSSR count). The lowest BCUT2D eigenvalue weighted by molar-refractivity contribution is 0.738. The van der Waals surface area contributed by atoms with E-state index < -0.39 is 0 Å². The fourth-order valence-electron chi connectivity index (χ4n) is 5.18. The van der Waals surface area contributed by atoms with Gasteiger partial charge in [0, 0.05) is 23.8 Å². The Kier molecular flexibility index (Phi) is 5.60. The van der Waals surface area contributed by atoms with Gasteiger partial charge in [0.2, 0.25) is 0 Å². The molecule has 0 aliphatic heterocycles. The summed E-state index contributed by atoms with van der Waals surface area (Å²) < 4.78 is 2.13. The molecule has 5 heteroatoms. The summed E-state index contributed by atoms with van der Waals surface area (Å²) in [5.74, 6) is 2.10. The zero-order chi connectivity index (χ0) is 20.3. The Labute approximate surface area is 179 Å². The molecule has 0 saturated heterocycles. The monoisotopic (exact) mass is 403 g/mol. The van der Waals surface area contributed by atoms with Crippen LogP contribution >= 0.6 is 0 Å². The molecule has 2 N–H and O–H groups in total. The lowest BCUT2D eigenvalue weighted by atomic mass is 10.0. The van der Waals surface area contributed by atoms with Crippen molar-refractivity contribution in [1.82, 2.24) is 14.6 Å². The maximum atomic E-state index is 5.07. The maximum Gasteiger partial charge on any atom is 0.128 e. The number of nitrogens with zero attached hydrogens (tertiary/aromatic N) is 3. The Morgan fingerprint density at radius 1 is 0.967 bits per heavy atom. The van der Waals surface area contributed by atoms with Crippen LogP contribution in [0.15, 0.2) is 36.5 Å². The Balaban J connectivity index is 1.53. The van der Waals surface area contributed by atoms with Gasteiger partial charge in [-0.05, 0) is 61.9 Å². The van der Waals surface area contributed by atoms with Crippen LogP contribution in [0.4, 0.5) is 11.6 Å². The number of pyridine rings is 2. The van der Waals surface area contributed by atoms with Crippen LogP contribution in [0, 0.1) is 0 Å². The van der Waals surface area contributed by atoms with Gasteiger partial charge in [-0.2, -0.15) is 5.10 Å². The minimum atomic E-state index is 0.564. The lowest BCUT2D eigenvalue weighted by Crippen LogP contribution is -2.17. The number of hydrogen-bond acceptors (Lipinski definition) is 4. The fourth-order valence-corrected chi connectivity index (χ4v) is 5.18. The first-order valence-electron chi connectivity index (χ1n) is 11.8. The second-order valence-corrected chi connectivity index (χ2v) is 8.96. The Morgan fingerprint density at radius 2 is 1.70 bits per heavy atom. The molecule has 2 aliphatic rings. The second kappa shape index (κ2) is 8.66. The standard InChI is InChI=1S/C25H33N5/c1-2-8-21-25(18-15-16-26-23(17-18)27-19-9-3-4-10-19)22-13-7-14-24(30(22)29-21)28-20-11-5-6-12-20/h7,13-17,19-20,28H,2-6,8-12H2,1H3,(H,26,27). The van der Waals surface area contributed by atoms with E-state index >= 15 is 0 Å². The normalized spacial score (nSPS) is 17.8. The van der Waals surface area contributed by atoms with E-state index in [0.717, 1.165) is 24.5 Å². The summed E-state index contributed by atoms with van der Waals surface area (Å²) >= 11 is 0. The predicted molar refractivity (Wildman–Crippen MR) is 124 cm³/mol. The minimum Gasteiger partial charge on any atom is -0.367 e. The summed E-state index contributed by atoms with van der Waals surface area (Å²) in [6, 6.07) is 12.0. The first kappa shape index (κ1) is 19.4. The summed E-state index contributed by atoms with van der Waals surface area (Å²) in [4.78, 5) is 4.60. The number of nitrogens with one attached hydrogen (secondary N) is 2. The third-order valence-electron chi connectivity index (χ3n) is 6.68. The largest absolute Gasteiger partial charge is 0.367 e. The van der Waals surface area contributed by atoms with Crippen molar-refractivity contribution in [1.29, 1.82) is 0 Å². The van der Waals surface area contributed by atoms with Gasteiger partial charge in [0.15, 0.2) is 0 Å². The molecule has 0 atom stereocenters. The Morgan fingerprint density at radius 3 is 2.43 bits per heavy atom. The molecule has 0 spiro atoms. The van der Waals surface area contributed by atoms with Crippen LogP contribution in [-0.4, -0.2) is 26.7 Å². The first-order valence-corrected chi connectivity index (χ1v) is 11.8. The Bertz CT molecular complexity index is 996. The maximum absolute atomic E-state index is 5.07. The summed E-state index contributed by atoms with van der Waals surface area (Å²) in [6.45, 7) is 2.23. The number of fused-ring (bicyclic) bond motifs is 1. The van der Waals surface area contributed by atoms with Crippen LogP contribution in [0.2, 0.25) is 0 Å². The molecule has 3 aromatic rings. The van der Waals surface area contributed by atoms with Gasteiger partial charge < -0.3 is 10.6 Å². The van der Waals surface area contributed by atoms with E-state index in [2.05, 4.69) is 57.4 Å². The SMILES string of the molecule is CCCc1nn2c(NC3CCCC3)cccc2c1-c1ccnc(NC2CCCC2)c1. The van der Waals surface area contributed by atoms with Crippen LogP contribution in [0.5, 0.6) is 0 Å². The van der Waals surface area contributed by atoms with E-state index in [9.17, 15) is 0 Å². The molecule has 0 amide bonds. The third kappa shape index (κ3) is 3.90. The fraction of sp³-hybridized carbons (Fsp3) is 0.520. The van der Waals surface area contributed by atoms with Gasteiger partial charge in [0.25, 0.3) is 0 Å². The van der Waals surface area contributed by atoms with Crippen molar-refractivity contribution in [2.24, 2.45) is 0 Å². The smallest absolute Gasteiger partial charge is 0.128 e. The summed E-state index contributed by atoms with van der Waals surface area (Å²) in [6.07, 6.45) is 14.3. The summed E-state index contributed by atoms with van der Waals surface area (Å²) in [5, 5.41) is 12.5. The molecule has 0 unspecified atom stereocenters. The van der Waals surface area contributed by atoms with Crippen molar-refractivity contribution in [2.75, 3.05) is 10.6 Å². The third-order valence-corrected chi connectivity index (χ3v) is 6.68. The second-order valence-electron chi connectivity index (χ2n) is 8.96. The van der Waals surface area contributed by atoms with E-state index in [4.69, 9.17) is 5.10 Å². The van der Waals surface area contributed by atoms with E-state index in [0.29, 0.717) is 12.1 Å². The van der Waals surface area contributed by atoms with Crippen LogP contribution in [0.25, 0.3) is 16.6 Å². The molecule has 0 radical (unpaired) electrons. The summed E-state index contributed by atoms with van der Waals surface area (Å²) in [5.41, 5.74) is 4.82. The summed E-state index contributed by atoms with van der Waals surface area (Å²) in [7, 11) is 0. The van der Waals surface area contributed by atoms with Gasteiger partial charge in [-0.1, -0.05) is 45.1 Å². The molecule has 3 aromatic heterocycles. The molecular weight excluding hydrogens is 370 g/mol. The molecule has 2 aliphatic carbocycles. The molecule has 3 heterocycles. The number of rotatable bonds is 7. The van der Waals surface area contributed by atoms with Gasteiger partial charge in [-0.25, -0.2) is 9.50 Å². The predicted octanol–water partition coefficient (Wildman–Crippen LogP) is 6.06. The number of anilines is 2. The molecule has 5 nitrogen and oxygen atoms in total. The van der Waals surface area contributed by atoms with Crippen LogP contribution < -0.4 is 10.6 Å². The number of aryl methyl sites for hydroxylation is 1. The van der Waals surface area contributed by atoms with Crippen molar-refractivity contribution >= 4 is 17.2 Å². The number of hydrogen-bond donors (Lipinski definition) is 2. The molecular formula is C25H33N5. The quantitative estimate of drug-likeness (QED) is 0.504. The van der Waals surface area contributed by atoms with E-state index in [-0.39, 0.29) is 0 Å². The van der Waals surface area contributed by atoms with E-state index in [1.807, 2.05) is 6.20 Å². The van der Waals surface area contributed by atoms with Crippen molar-refractivity contribution in [3.8, 4) is 11.1 Å². The zero-order valence-corrected chi connectivity index (χ0v) is 18.0. The van der Waals surface area contributed by atoms with Crippen molar-refractivity contribution < 1.29 is 0 Å². The number of aromatic nitrogens is 3. The average Bonchev–Trinajstić information content (AvgIpc) is 3.50.